The van der Waals surface area contributed by atoms with Crippen molar-refractivity contribution in [2.45, 2.75) is 32.4 Å². The number of aromatic nitrogens is 5. The quantitative estimate of drug-likeness (QED) is 0.739. The monoisotopic (exact) mass is 296 g/mol. The number of hydrogen-bond acceptors (Lipinski definition) is 4. The number of hydrogen-bond donors (Lipinski definition) is 0. The zero-order chi connectivity index (χ0) is 14.9. The summed E-state index contributed by atoms with van der Waals surface area (Å²) in [7, 11) is 0. The second-order valence-electron chi connectivity index (χ2n) is 5.77. The van der Waals surface area contributed by atoms with E-state index in [0.29, 0.717) is 6.04 Å². The maximum absolute atomic E-state index is 4.55. The minimum atomic E-state index is 0.604. The van der Waals surface area contributed by atoms with Crippen LogP contribution in [0.5, 0.6) is 0 Å². The van der Waals surface area contributed by atoms with E-state index in [1.165, 1.54) is 19.4 Å². The number of rotatable bonds is 4. The van der Waals surface area contributed by atoms with Crippen LogP contribution in [0, 0.1) is 0 Å². The van der Waals surface area contributed by atoms with Crippen LogP contribution in [0.25, 0.3) is 17.0 Å². The molecule has 1 saturated heterocycles. The standard InChI is InChI=1S/C16H20N6/c1-2-20-8-3-5-13(20)12-21-10-7-18-15(21)14-11-19-22-9-4-6-17-16(14)22/h4,6-7,9-11,13H,2-3,5,8,12H2,1H3. The molecule has 114 valence electrons. The molecule has 0 N–H and O–H groups in total. The fraction of sp³-hybridized carbons (Fsp3) is 0.438. The van der Waals surface area contributed by atoms with Gasteiger partial charge < -0.3 is 4.57 Å². The van der Waals surface area contributed by atoms with Gasteiger partial charge in [-0.2, -0.15) is 5.10 Å². The molecule has 3 aromatic rings. The van der Waals surface area contributed by atoms with Crippen molar-refractivity contribution < 1.29 is 0 Å². The van der Waals surface area contributed by atoms with E-state index in [9.17, 15) is 0 Å². The lowest BCUT2D eigenvalue weighted by atomic mass is 10.2. The van der Waals surface area contributed by atoms with Crippen LogP contribution >= 0.6 is 0 Å². The van der Waals surface area contributed by atoms with E-state index in [1.54, 1.807) is 10.7 Å². The first kappa shape index (κ1) is 13.5. The molecular weight excluding hydrogens is 276 g/mol. The number of nitrogens with zero attached hydrogens (tertiary/aromatic N) is 6. The van der Waals surface area contributed by atoms with Crippen molar-refractivity contribution in [3.63, 3.8) is 0 Å². The van der Waals surface area contributed by atoms with Crippen LogP contribution in [0.4, 0.5) is 0 Å². The molecule has 1 atom stereocenters. The van der Waals surface area contributed by atoms with Crippen LogP contribution in [-0.4, -0.2) is 48.2 Å². The van der Waals surface area contributed by atoms with Gasteiger partial charge in [0.1, 0.15) is 5.82 Å². The van der Waals surface area contributed by atoms with Gasteiger partial charge in [-0.05, 0) is 32.0 Å². The molecule has 0 radical (unpaired) electrons. The normalized spacial score (nSPS) is 19.2. The first-order chi connectivity index (χ1) is 10.9. The van der Waals surface area contributed by atoms with Crippen molar-refractivity contribution in [1.29, 1.82) is 0 Å². The smallest absolute Gasteiger partial charge is 0.165 e. The van der Waals surface area contributed by atoms with Gasteiger partial charge in [-0.3, -0.25) is 4.90 Å². The molecule has 4 heterocycles. The molecule has 0 saturated carbocycles. The Hall–Kier alpha value is -2.21. The van der Waals surface area contributed by atoms with Gasteiger partial charge in [-0.1, -0.05) is 6.92 Å². The van der Waals surface area contributed by atoms with E-state index in [4.69, 9.17) is 0 Å². The Labute approximate surface area is 129 Å². The van der Waals surface area contributed by atoms with Gasteiger partial charge in [-0.15, -0.1) is 0 Å². The summed E-state index contributed by atoms with van der Waals surface area (Å²) < 4.78 is 4.03. The van der Waals surface area contributed by atoms with E-state index >= 15 is 0 Å². The molecule has 0 amide bonds. The van der Waals surface area contributed by atoms with Crippen molar-refractivity contribution in [3.8, 4) is 11.4 Å². The summed E-state index contributed by atoms with van der Waals surface area (Å²) in [6, 6.07) is 2.49. The fourth-order valence-corrected chi connectivity index (χ4v) is 3.43. The van der Waals surface area contributed by atoms with Crippen molar-refractivity contribution in [3.05, 3.63) is 37.1 Å². The Bertz CT molecular complexity index is 774. The first-order valence-corrected chi connectivity index (χ1v) is 7.90. The SMILES string of the molecule is CCN1CCCC1Cn1ccnc1-c1cnn2cccnc12. The molecule has 0 bridgehead atoms. The lowest BCUT2D eigenvalue weighted by molar-refractivity contribution is 0.245. The fourth-order valence-electron chi connectivity index (χ4n) is 3.43. The highest BCUT2D eigenvalue weighted by Gasteiger charge is 2.24. The molecule has 1 unspecified atom stereocenters. The molecule has 1 aliphatic rings. The van der Waals surface area contributed by atoms with Crippen molar-refractivity contribution in [2.75, 3.05) is 13.1 Å². The van der Waals surface area contributed by atoms with Crippen molar-refractivity contribution in [2.24, 2.45) is 0 Å². The van der Waals surface area contributed by atoms with Crippen LogP contribution < -0.4 is 0 Å². The molecule has 0 aromatic carbocycles. The largest absolute Gasteiger partial charge is 0.329 e. The molecule has 1 fully saturated rings. The molecular formula is C16H20N6. The maximum Gasteiger partial charge on any atom is 0.165 e. The van der Waals surface area contributed by atoms with Gasteiger partial charge in [0.15, 0.2) is 5.65 Å². The second-order valence-corrected chi connectivity index (χ2v) is 5.77. The van der Waals surface area contributed by atoms with Gasteiger partial charge in [0, 0.05) is 37.4 Å². The highest BCUT2D eigenvalue weighted by atomic mass is 15.2. The lowest BCUT2D eigenvalue weighted by Gasteiger charge is -2.23. The average molecular weight is 296 g/mol. The zero-order valence-corrected chi connectivity index (χ0v) is 12.8. The summed E-state index contributed by atoms with van der Waals surface area (Å²) in [5.74, 6) is 0.955. The topological polar surface area (TPSA) is 51.2 Å². The zero-order valence-electron chi connectivity index (χ0n) is 12.8. The third-order valence-corrected chi connectivity index (χ3v) is 4.55. The molecule has 6 heteroatoms. The van der Waals surface area contributed by atoms with E-state index < -0.39 is 0 Å². The van der Waals surface area contributed by atoms with Gasteiger partial charge in [0.25, 0.3) is 0 Å². The average Bonchev–Trinajstić information content (AvgIpc) is 3.26. The Morgan fingerprint density at radius 1 is 1.23 bits per heavy atom. The predicted molar refractivity (Wildman–Crippen MR) is 84.5 cm³/mol. The van der Waals surface area contributed by atoms with E-state index in [1.807, 2.05) is 24.7 Å². The molecule has 3 aromatic heterocycles. The summed E-state index contributed by atoms with van der Waals surface area (Å²) in [5, 5.41) is 4.37. The van der Waals surface area contributed by atoms with Crippen LogP contribution in [-0.2, 0) is 6.54 Å². The Morgan fingerprint density at radius 2 is 2.18 bits per heavy atom. The number of imidazole rings is 1. The maximum atomic E-state index is 4.55. The first-order valence-electron chi connectivity index (χ1n) is 7.90. The van der Waals surface area contributed by atoms with Crippen LogP contribution in [0.2, 0.25) is 0 Å². The van der Waals surface area contributed by atoms with Gasteiger partial charge in [0.2, 0.25) is 0 Å². The Balaban J connectivity index is 1.68. The Morgan fingerprint density at radius 3 is 3.09 bits per heavy atom. The third-order valence-electron chi connectivity index (χ3n) is 4.55. The van der Waals surface area contributed by atoms with Crippen LogP contribution in [0.3, 0.4) is 0 Å². The molecule has 0 aliphatic carbocycles. The highest BCUT2D eigenvalue weighted by molar-refractivity contribution is 5.72. The third kappa shape index (κ3) is 2.20. The minimum Gasteiger partial charge on any atom is -0.329 e. The van der Waals surface area contributed by atoms with Gasteiger partial charge >= 0.3 is 0 Å². The van der Waals surface area contributed by atoms with E-state index in [2.05, 4.69) is 37.7 Å². The summed E-state index contributed by atoms with van der Waals surface area (Å²) in [5.41, 5.74) is 1.85. The molecule has 1 aliphatic heterocycles. The Kier molecular flexibility index (Phi) is 3.38. The number of fused-ring (bicyclic) bond motifs is 1. The number of likely N-dealkylation sites (tertiary alicyclic amines) is 1. The van der Waals surface area contributed by atoms with Gasteiger partial charge in [-0.25, -0.2) is 14.5 Å². The summed E-state index contributed by atoms with van der Waals surface area (Å²) in [6.07, 6.45) is 12.0. The van der Waals surface area contributed by atoms with Crippen molar-refractivity contribution in [1.82, 2.24) is 29.0 Å². The number of likely N-dealkylation sites (N-methyl/N-ethyl adjacent to an activating group) is 1. The molecule has 4 rings (SSSR count). The predicted octanol–water partition coefficient (Wildman–Crippen LogP) is 2.08. The highest BCUT2D eigenvalue weighted by Crippen LogP contribution is 2.24. The summed E-state index contributed by atoms with van der Waals surface area (Å²) >= 11 is 0. The van der Waals surface area contributed by atoms with Crippen LogP contribution in [0.1, 0.15) is 19.8 Å². The van der Waals surface area contributed by atoms with Crippen LogP contribution in [0.15, 0.2) is 37.1 Å². The molecule has 6 nitrogen and oxygen atoms in total. The van der Waals surface area contributed by atoms with E-state index in [-0.39, 0.29) is 0 Å². The van der Waals surface area contributed by atoms with E-state index in [0.717, 1.165) is 30.1 Å². The molecule has 0 spiro atoms. The van der Waals surface area contributed by atoms with Gasteiger partial charge in [0.05, 0.1) is 11.8 Å². The lowest BCUT2D eigenvalue weighted by Crippen LogP contribution is -2.32. The summed E-state index contributed by atoms with van der Waals surface area (Å²) in [4.78, 5) is 11.5. The molecule has 22 heavy (non-hydrogen) atoms. The minimum absolute atomic E-state index is 0.604. The van der Waals surface area contributed by atoms with Crippen molar-refractivity contribution >= 4 is 5.65 Å². The second kappa shape index (κ2) is 5.53. The summed E-state index contributed by atoms with van der Waals surface area (Å²) in [6.45, 7) is 5.55.